The number of hydrogen-bond donors (Lipinski definition) is 3. The summed E-state index contributed by atoms with van der Waals surface area (Å²) in [5.74, 6) is -0.438. The number of nitrogens with zero attached hydrogens (tertiary/aromatic N) is 3. The number of rotatable bonds is 4. The highest BCUT2D eigenvalue weighted by atomic mass is 16.5. The van der Waals surface area contributed by atoms with Gasteiger partial charge in [0.05, 0.1) is 23.7 Å². The Morgan fingerprint density at radius 3 is 2.77 bits per heavy atom. The third kappa shape index (κ3) is 2.75. The molecule has 0 fully saturated rings. The third-order valence-corrected chi connectivity index (χ3v) is 3.36. The summed E-state index contributed by atoms with van der Waals surface area (Å²) in [7, 11) is 1.85. The van der Waals surface area contributed by atoms with Crippen LogP contribution in [0.3, 0.4) is 0 Å². The van der Waals surface area contributed by atoms with E-state index < -0.39 is 5.91 Å². The van der Waals surface area contributed by atoms with Crippen LogP contribution in [-0.2, 0) is 18.3 Å². The molecule has 1 aromatic carbocycles. The SMILES string of the molecule is Cn1ncc2c(Nc3ccc(CC(=O)NO)cc3)ccnc21. The second-order valence-electron chi connectivity index (χ2n) is 4.90. The van der Waals surface area contributed by atoms with E-state index in [9.17, 15) is 4.79 Å². The van der Waals surface area contributed by atoms with Gasteiger partial charge in [0.1, 0.15) is 0 Å². The number of pyridine rings is 1. The van der Waals surface area contributed by atoms with Gasteiger partial charge in [-0.25, -0.2) is 10.5 Å². The van der Waals surface area contributed by atoms with Crippen LogP contribution in [-0.4, -0.2) is 25.9 Å². The standard InChI is InChI=1S/C15H15N5O2/c1-20-15-12(9-17-20)13(6-7-16-15)18-11-4-2-10(3-5-11)8-14(21)19-22/h2-7,9,22H,8H2,1H3,(H,16,18)(H,19,21). The lowest BCUT2D eigenvalue weighted by Gasteiger charge is -2.08. The van der Waals surface area contributed by atoms with Crippen LogP contribution in [0.4, 0.5) is 11.4 Å². The first-order valence-corrected chi connectivity index (χ1v) is 6.73. The van der Waals surface area contributed by atoms with E-state index in [4.69, 9.17) is 5.21 Å². The number of hydroxylamine groups is 1. The molecule has 0 aliphatic carbocycles. The Labute approximate surface area is 126 Å². The minimum absolute atomic E-state index is 0.138. The fourth-order valence-corrected chi connectivity index (χ4v) is 2.24. The van der Waals surface area contributed by atoms with Crippen molar-refractivity contribution in [3.8, 4) is 0 Å². The van der Waals surface area contributed by atoms with Gasteiger partial charge in [-0.2, -0.15) is 5.10 Å². The number of fused-ring (bicyclic) bond motifs is 1. The van der Waals surface area contributed by atoms with Crippen molar-refractivity contribution in [2.45, 2.75) is 6.42 Å². The highest BCUT2D eigenvalue weighted by Crippen LogP contribution is 2.24. The van der Waals surface area contributed by atoms with Crippen molar-refractivity contribution in [2.75, 3.05) is 5.32 Å². The van der Waals surface area contributed by atoms with E-state index >= 15 is 0 Å². The predicted octanol–water partition coefficient (Wildman–Crippen LogP) is 1.76. The maximum atomic E-state index is 11.1. The summed E-state index contributed by atoms with van der Waals surface area (Å²) >= 11 is 0. The Kier molecular flexibility index (Phi) is 3.71. The summed E-state index contributed by atoms with van der Waals surface area (Å²) in [6, 6.07) is 9.31. The molecule has 1 amide bonds. The molecule has 0 saturated heterocycles. The van der Waals surface area contributed by atoms with E-state index in [1.165, 1.54) is 0 Å². The van der Waals surface area contributed by atoms with Crippen molar-refractivity contribution < 1.29 is 10.0 Å². The molecule has 0 aliphatic heterocycles. The Balaban J connectivity index is 1.81. The third-order valence-electron chi connectivity index (χ3n) is 3.36. The van der Waals surface area contributed by atoms with Crippen LogP contribution in [0, 0.1) is 0 Å². The van der Waals surface area contributed by atoms with Crippen molar-refractivity contribution in [3.05, 3.63) is 48.3 Å². The molecule has 0 unspecified atom stereocenters. The van der Waals surface area contributed by atoms with Crippen molar-refractivity contribution >= 4 is 28.3 Å². The van der Waals surface area contributed by atoms with Gasteiger partial charge in [-0.05, 0) is 23.8 Å². The number of aromatic nitrogens is 3. The van der Waals surface area contributed by atoms with Gasteiger partial charge in [0.25, 0.3) is 0 Å². The fourth-order valence-electron chi connectivity index (χ4n) is 2.24. The van der Waals surface area contributed by atoms with E-state index in [1.807, 2.05) is 37.4 Å². The Hall–Kier alpha value is -2.93. The molecule has 7 nitrogen and oxygen atoms in total. The van der Waals surface area contributed by atoms with E-state index in [1.54, 1.807) is 22.6 Å². The van der Waals surface area contributed by atoms with Gasteiger partial charge in [-0.3, -0.25) is 14.7 Å². The van der Waals surface area contributed by atoms with Crippen LogP contribution in [0.25, 0.3) is 11.0 Å². The molecule has 2 aromatic heterocycles. The Morgan fingerprint density at radius 1 is 1.27 bits per heavy atom. The molecule has 0 radical (unpaired) electrons. The number of carbonyl (C=O) groups excluding carboxylic acids is 1. The van der Waals surface area contributed by atoms with Crippen LogP contribution >= 0.6 is 0 Å². The number of benzene rings is 1. The quantitative estimate of drug-likeness (QED) is 0.504. The first-order chi connectivity index (χ1) is 10.7. The zero-order chi connectivity index (χ0) is 15.5. The minimum atomic E-state index is -0.438. The normalized spacial score (nSPS) is 10.6. The highest BCUT2D eigenvalue weighted by Gasteiger charge is 2.07. The van der Waals surface area contributed by atoms with E-state index in [2.05, 4.69) is 15.4 Å². The van der Waals surface area contributed by atoms with Crippen LogP contribution < -0.4 is 10.8 Å². The molecule has 3 rings (SSSR count). The van der Waals surface area contributed by atoms with Gasteiger partial charge >= 0.3 is 0 Å². The lowest BCUT2D eigenvalue weighted by molar-refractivity contribution is -0.128. The fraction of sp³-hybridized carbons (Fsp3) is 0.133. The maximum Gasteiger partial charge on any atom is 0.247 e. The van der Waals surface area contributed by atoms with Crippen LogP contribution in [0.15, 0.2) is 42.7 Å². The monoisotopic (exact) mass is 297 g/mol. The van der Waals surface area contributed by atoms with E-state index in [0.717, 1.165) is 28.0 Å². The average Bonchev–Trinajstić information content (AvgIpc) is 2.92. The highest BCUT2D eigenvalue weighted by molar-refractivity contribution is 5.90. The molecule has 0 bridgehead atoms. The number of aryl methyl sites for hydroxylation is 1. The first kappa shape index (κ1) is 14.0. The average molecular weight is 297 g/mol. The van der Waals surface area contributed by atoms with Gasteiger partial charge in [0, 0.05) is 18.9 Å². The Bertz CT molecular complexity index is 810. The van der Waals surface area contributed by atoms with Gasteiger partial charge in [0.2, 0.25) is 5.91 Å². The van der Waals surface area contributed by atoms with Crippen molar-refractivity contribution in [1.29, 1.82) is 0 Å². The maximum absolute atomic E-state index is 11.1. The number of carbonyl (C=O) groups is 1. The Morgan fingerprint density at radius 2 is 2.05 bits per heavy atom. The van der Waals surface area contributed by atoms with Crippen molar-refractivity contribution in [3.63, 3.8) is 0 Å². The number of anilines is 2. The first-order valence-electron chi connectivity index (χ1n) is 6.73. The van der Waals surface area contributed by atoms with Crippen LogP contribution in [0.5, 0.6) is 0 Å². The summed E-state index contributed by atoms with van der Waals surface area (Å²) in [5, 5.41) is 17.0. The molecule has 22 heavy (non-hydrogen) atoms. The number of nitrogens with one attached hydrogen (secondary N) is 2. The molecule has 3 N–H and O–H groups in total. The molecule has 3 aromatic rings. The summed E-state index contributed by atoms with van der Waals surface area (Å²) in [5.41, 5.74) is 5.05. The van der Waals surface area contributed by atoms with Gasteiger partial charge in [-0.15, -0.1) is 0 Å². The second-order valence-corrected chi connectivity index (χ2v) is 4.90. The van der Waals surface area contributed by atoms with Crippen LogP contribution in [0.1, 0.15) is 5.56 Å². The van der Waals surface area contributed by atoms with E-state index in [0.29, 0.717) is 0 Å². The largest absolute Gasteiger partial charge is 0.355 e. The molecule has 112 valence electrons. The van der Waals surface area contributed by atoms with Gasteiger partial charge < -0.3 is 5.32 Å². The number of amides is 1. The predicted molar refractivity (Wildman–Crippen MR) is 81.9 cm³/mol. The lowest BCUT2D eigenvalue weighted by Crippen LogP contribution is -2.20. The smallest absolute Gasteiger partial charge is 0.247 e. The molecule has 0 spiro atoms. The second kappa shape index (κ2) is 5.82. The summed E-state index contributed by atoms with van der Waals surface area (Å²) in [6.45, 7) is 0. The molecule has 0 aliphatic rings. The van der Waals surface area contributed by atoms with Gasteiger partial charge in [0.15, 0.2) is 5.65 Å². The summed E-state index contributed by atoms with van der Waals surface area (Å²) < 4.78 is 1.72. The zero-order valence-corrected chi connectivity index (χ0v) is 11.9. The molecule has 0 atom stereocenters. The van der Waals surface area contributed by atoms with Crippen molar-refractivity contribution in [1.82, 2.24) is 20.2 Å². The van der Waals surface area contributed by atoms with Crippen LogP contribution in [0.2, 0.25) is 0 Å². The summed E-state index contributed by atoms with van der Waals surface area (Å²) in [4.78, 5) is 15.4. The molecule has 0 saturated carbocycles. The molecule has 2 heterocycles. The zero-order valence-electron chi connectivity index (χ0n) is 11.9. The minimum Gasteiger partial charge on any atom is -0.355 e. The lowest BCUT2D eigenvalue weighted by atomic mass is 10.1. The molecule has 7 heteroatoms. The van der Waals surface area contributed by atoms with Crippen molar-refractivity contribution in [2.24, 2.45) is 7.05 Å². The van der Waals surface area contributed by atoms with E-state index in [-0.39, 0.29) is 6.42 Å². The topological polar surface area (TPSA) is 92.1 Å². The summed E-state index contributed by atoms with van der Waals surface area (Å²) in [6.07, 6.45) is 3.63. The number of hydrogen-bond acceptors (Lipinski definition) is 5. The molecular formula is C15H15N5O2. The molecular weight excluding hydrogens is 282 g/mol. The van der Waals surface area contributed by atoms with Gasteiger partial charge in [-0.1, -0.05) is 12.1 Å².